The molecule has 1 radical (unpaired) electrons. The van der Waals surface area contributed by atoms with Gasteiger partial charge in [-0.15, -0.1) is 8.58 Å². The fraction of sp³-hybridized carbons (Fsp3) is 0.250. The van der Waals surface area contributed by atoms with Crippen LogP contribution in [-0.2, 0) is 12.3 Å². The van der Waals surface area contributed by atoms with Gasteiger partial charge in [0.25, 0.3) is 0 Å². The minimum Gasteiger partial charge on any atom is -0.496 e. The molecule has 0 heterocycles. The molecule has 0 N–H and O–H groups in total. The van der Waals surface area contributed by atoms with Crippen molar-refractivity contribution in [1.82, 2.24) is 0 Å². The van der Waals surface area contributed by atoms with Crippen LogP contribution in [0.5, 0.6) is 11.5 Å². The van der Waals surface area contributed by atoms with Gasteiger partial charge in [0.2, 0.25) is 0 Å². The Balaban J connectivity index is 0.00000200. The van der Waals surface area contributed by atoms with Gasteiger partial charge in [-0.1, -0.05) is 36.4 Å². The molecular formula is C16H19NaO2P. The Hall–Kier alpha value is -0.530. The Labute approximate surface area is 145 Å². The van der Waals surface area contributed by atoms with Crippen LogP contribution in [0.1, 0.15) is 11.1 Å². The number of hydrogen-bond donors (Lipinski definition) is 0. The van der Waals surface area contributed by atoms with Crippen molar-refractivity contribution in [3.8, 4) is 11.5 Å². The van der Waals surface area contributed by atoms with E-state index in [4.69, 9.17) is 9.47 Å². The van der Waals surface area contributed by atoms with E-state index in [1.54, 1.807) is 14.2 Å². The molecule has 0 fully saturated rings. The van der Waals surface area contributed by atoms with E-state index in [0.717, 1.165) is 32.4 Å². The summed E-state index contributed by atoms with van der Waals surface area (Å²) in [5, 5.41) is 0. The molecule has 0 spiro atoms. The van der Waals surface area contributed by atoms with Crippen LogP contribution in [0.3, 0.4) is 0 Å². The van der Waals surface area contributed by atoms with Crippen molar-refractivity contribution >= 4 is 38.1 Å². The van der Waals surface area contributed by atoms with Gasteiger partial charge in [-0.3, -0.25) is 0 Å². The Morgan fingerprint density at radius 2 is 1.15 bits per heavy atom. The molecule has 4 heteroatoms. The number of benzene rings is 2. The molecule has 0 aliphatic heterocycles. The molecule has 0 saturated carbocycles. The van der Waals surface area contributed by atoms with Gasteiger partial charge in [0.15, 0.2) is 0 Å². The van der Waals surface area contributed by atoms with E-state index in [1.807, 2.05) is 24.3 Å². The van der Waals surface area contributed by atoms with Crippen LogP contribution in [0.15, 0.2) is 48.5 Å². The number of para-hydroxylation sites is 2. The number of hydrogen-bond acceptors (Lipinski definition) is 2. The maximum absolute atomic E-state index is 5.37. The van der Waals surface area contributed by atoms with Crippen molar-refractivity contribution in [3.63, 3.8) is 0 Å². The summed E-state index contributed by atoms with van der Waals surface area (Å²) in [6.07, 6.45) is 2.09. The first kappa shape index (κ1) is 17.5. The third-order valence-electron chi connectivity index (χ3n) is 3.02. The second kappa shape index (κ2) is 9.41. The first-order chi connectivity index (χ1) is 9.35. The van der Waals surface area contributed by atoms with Gasteiger partial charge in [-0.2, -0.15) is 0 Å². The van der Waals surface area contributed by atoms with Crippen molar-refractivity contribution in [1.29, 1.82) is 0 Å². The SMILES string of the molecule is COc1ccccc1CPCc1ccccc1OC.[Na]. The number of ether oxygens (including phenoxy) is 2. The van der Waals surface area contributed by atoms with E-state index in [9.17, 15) is 0 Å². The molecule has 101 valence electrons. The van der Waals surface area contributed by atoms with Gasteiger partial charge in [0.1, 0.15) is 11.5 Å². The largest absolute Gasteiger partial charge is 0.496 e. The maximum Gasteiger partial charge on any atom is 0.122 e. The van der Waals surface area contributed by atoms with Gasteiger partial charge in [0, 0.05) is 29.6 Å². The van der Waals surface area contributed by atoms with Gasteiger partial charge in [-0.25, -0.2) is 0 Å². The van der Waals surface area contributed by atoms with Crippen molar-refractivity contribution < 1.29 is 9.47 Å². The molecule has 0 bridgehead atoms. The van der Waals surface area contributed by atoms with Crippen LogP contribution in [-0.4, -0.2) is 43.8 Å². The van der Waals surface area contributed by atoms with Crippen LogP contribution < -0.4 is 9.47 Å². The summed E-state index contributed by atoms with van der Waals surface area (Å²) < 4.78 is 10.7. The molecule has 0 saturated heterocycles. The zero-order chi connectivity index (χ0) is 13.5. The summed E-state index contributed by atoms with van der Waals surface area (Å²) in [7, 11) is 4.27. The van der Waals surface area contributed by atoms with Crippen molar-refractivity contribution in [3.05, 3.63) is 59.7 Å². The standard InChI is InChI=1S/C16H19O2P.Na/c1-17-15-9-5-3-7-13(15)11-19-12-14-8-4-6-10-16(14)18-2;/h3-10,19H,11-12H2,1-2H3;. The Morgan fingerprint density at radius 3 is 1.55 bits per heavy atom. The van der Waals surface area contributed by atoms with E-state index >= 15 is 0 Å². The molecule has 20 heavy (non-hydrogen) atoms. The van der Waals surface area contributed by atoms with Crippen LogP contribution in [0.4, 0.5) is 0 Å². The predicted molar refractivity (Wildman–Crippen MR) is 87.5 cm³/mol. The van der Waals surface area contributed by atoms with Crippen LogP contribution in [0, 0.1) is 0 Å². The van der Waals surface area contributed by atoms with Crippen molar-refractivity contribution in [2.45, 2.75) is 12.3 Å². The maximum atomic E-state index is 5.37. The summed E-state index contributed by atoms with van der Waals surface area (Å²) >= 11 is 0. The summed E-state index contributed by atoms with van der Waals surface area (Å²) in [5.41, 5.74) is 2.55. The van der Waals surface area contributed by atoms with E-state index in [0.29, 0.717) is 0 Å². The predicted octanol–water partition coefficient (Wildman–Crippen LogP) is 3.70. The Bertz CT molecular complexity index is 484. The molecule has 0 aliphatic carbocycles. The Morgan fingerprint density at radius 1 is 0.750 bits per heavy atom. The average molecular weight is 297 g/mol. The van der Waals surface area contributed by atoms with Crippen molar-refractivity contribution in [2.24, 2.45) is 0 Å². The zero-order valence-corrected chi connectivity index (χ0v) is 15.3. The third kappa shape index (κ3) is 4.79. The third-order valence-corrected chi connectivity index (χ3v) is 4.28. The van der Waals surface area contributed by atoms with Gasteiger partial charge in [0.05, 0.1) is 14.2 Å². The van der Waals surface area contributed by atoms with E-state index < -0.39 is 0 Å². The first-order valence-electron chi connectivity index (χ1n) is 6.29. The van der Waals surface area contributed by atoms with Crippen LogP contribution >= 0.6 is 8.58 Å². The molecule has 0 amide bonds. The summed E-state index contributed by atoms with van der Waals surface area (Å²) in [4.78, 5) is 0. The van der Waals surface area contributed by atoms with Crippen LogP contribution in [0.2, 0.25) is 0 Å². The minimum atomic E-state index is 0. The van der Waals surface area contributed by atoms with E-state index in [-0.39, 0.29) is 29.6 Å². The van der Waals surface area contributed by atoms with Crippen molar-refractivity contribution in [2.75, 3.05) is 14.2 Å². The van der Waals surface area contributed by atoms with Crippen LogP contribution in [0.25, 0.3) is 0 Å². The number of methoxy groups -OCH3 is 2. The summed E-state index contributed by atoms with van der Waals surface area (Å²) in [5.74, 6) is 1.96. The molecule has 2 nitrogen and oxygen atoms in total. The topological polar surface area (TPSA) is 18.5 Å². The molecule has 2 aromatic rings. The van der Waals surface area contributed by atoms with Gasteiger partial charge in [-0.05, 0) is 35.6 Å². The molecule has 2 rings (SSSR count). The molecule has 2 aromatic carbocycles. The summed E-state index contributed by atoms with van der Waals surface area (Å²) in [6, 6.07) is 16.4. The van der Waals surface area contributed by atoms with E-state index in [2.05, 4.69) is 24.3 Å². The first-order valence-corrected chi connectivity index (χ1v) is 7.71. The Kier molecular flexibility index (Phi) is 8.25. The smallest absolute Gasteiger partial charge is 0.122 e. The summed E-state index contributed by atoms with van der Waals surface area (Å²) in [6.45, 7) is 0. The average Bonchev–Trinajstić information content (AvgIpc) is 2.48. The number of rotatable bonds is 6. The minimum absolute atomic E-state index is 0. The van der Waals surface area contributed by atoms with E-state index in [1.165, 1.54) is 11.1 Å². The monoisotopic (exact) mass is 297 g/mol. The quantitative estimate of drug-likeness (QED) is 0.598. The second-order valence-corrected chi connectivity index (χ2v) is 5.43. The molecule has 0 aromatic heterocycles. The molecular weight excluding hydrogens is 278 g/mol. The molecule has 0 aliphatic rings. The fourth-order valence-corrected chi connectivity index (χ4v) is 3.28. The van der Waals surface area contributed by atoms with Gasteiger partial charge >= 0.3 is 0 Å². The normalized spacial score (nSPS) is 9.70. The fourth-order valence-electron chi connectivity index (χ4n) is 2.03. The molecule has 0 unspecified atom stereocenters. The second-order valence-electron chi connectivity index (χ2n) is 4.23. The van der Waals surface area contributed by atoms with Gasteiger partial charge < -0.3 is 9.47 Å². The molecule has 0 atom stereocenters. The zero-order valence-electron chi connectivity index (χ0n) is 12.3.